The van der Waals surface area contributed by atoms with Crippen molar-refractivity contribution in [1.29, 1.82) is 0 Å². The molecule has 0 aromatic heterocycles. The molecule has 5 amide bonds. The molecule has 4 N–H and O–H groups in total. The molecule has 12 nitrogen and oxygen atoms in total. The van der Waals surface area contributed by atoms with Gasteiger partial charge in [0.25, 0.3) is 0 Å². The Balaban J connectivity index is 1.70. The molecule has 35 heavy (non-hydrogen) atoms. The summed E-state index contributed by atoms with van der Waals surface area (Å²) in [5.74, 6) is -1.62. The summed E-state index contributed by atoms with van der Waals surface area (Å²) in [6.07, 6.45) is 1.15. The molecule has 0 saturated carbocycles. The van der Waals surface area contributed by atoms with Crippen LogP contribution < -0.4 is 20.7 Å². The molecule has 2 atom stereocenters. The number of rotatable bonds is 8. The van der Waals surface area contributed by atoms with Gasteiger partial charge in [-0.1, -0.05) is 6.07 Å². The molecule has 1 aromatic rings. The van der Waals surface area contributed by atoms with E-state index in [-0.39, 0.29) is 50.7 Å². The Morgan fingerprint density at radius 3 is 2.71 bits per heavy atom. The number of carboxylic acids is 1. The molecule has 0 radical (unpaired) electrons. The number of nitrogens with one attached hydrogen (secondary N) is 3. The van der Waals surface area contributed by atoms with E-state index in [2.05, 4.69) is 16.0 Å². The highest BCUT2D eigenvalue weighted by atomic mass is 16.5. The summed E-state index contributed by atoms with van der Waals surface area (Å²) >= 11 is 0. The van der Waals surface area contributed by atoms with Crippen LogP contribution in [0.3, 0.4) is 0 Å². The summed E-state index contributed by atoms with van der Waals surface area (Å²) in [6, 6.07) is 4.68. The van der Waals surface area contributed by atoms with Gasteiger partial charge in [0.2, 0.25) is 17.7 Å². The van der Waals surface area contributed by atoms with Crippen LogP contribution in [0.15, 0.2) is 24.3 Å². The number of ether oxygens (including phenoxy) is 1. The fourth-order valence-corrected chi connectivity index (χ4v) is 4.11. The van der Waals surface area contributed by atoms with E-state index in [4.69, 9.17) is 9.84 Å². The molecule has 2 saturated heterocycles. The lowest BCUT2D eigenvalue weighted by atomic mass is 10.0. The van der Waals surface area contributed by atoms with E-state index in [9.17, 15) is 24.0 Å². The number of amides is 5. The third-order valence-corrected chi connectivity index (χ3v) is 5.99. The quantitative estimate of drug-likeness (QED) is 0.411. The minimum absolute atomic E-state index is 0.0317. The lowest BCUT2D eigenvalue weighted by Gasteiger charge is -2.41. The average molecular weight is 490 g/mol. The van der Waals surface area contributed by atoms with Crippen molar-refractivity contribution in [3.63, 3.8) is 0 Å². The average Bonchev–Trinajstić information content (AvgIpc) is 2.84. The van der Waals surface area contributed by atoms with Gasteiger partial charge in [-0.05, 0) is 31.4 Å². The first-order valence-electron chi connectivity index (χ1n) is 11.6. The maximum Gasteiger partial charge on any atom is 0.321 e. The number of piperazine rings is 1. The van der Waals surface area contributed by atoms with Crippen molar-refractivity contribution in [2.24, 2.45) is 0 Å². The molecule has 2 fully saturated rings. The predicted molar refractivity (Wildman–Crippen MR) is 125 cm³/mol. The van der Waals surface area contributed by atoms with Crippen molar-refractivity contribution in [1.82, 2.24) is 20.4 Å². The number of aliphatic carboxylic acids is 1. The second kappa shape index (κ2) is 12.0. The van der Waals surface area contributed by atoms with Crippen molar-refractivity contribution in [2.45, 2.75) is 44.2 Å². The van der Waals surface area contributed by atoms with Crippen LogP contribution in [-0.2, 0) is 19.2 Å². The van der Waals surface area contributed by atoms with E-state index in [0.29, 0.717) is 30.8 Å². The number of piperidine rings is 1. The van der Waals surface area contributed by atoms with E-state index in [0.717, 1.165) is 0 Å². The Kier molecular flexibility index (Phi) is 8.87. The van der Waals surface area contributed by atoms with Gasteiger partial charge >= 0.3 is 12.0 Å². The number of anilines is 1. The van der Waals surface area contributed by atoms with Gasteiger partial charge in [0, 0.05) is 44.2 Å². The van der Waals surface area contributed by atoms with Gasteiger partial charge in [-0.15, -0.1) is 0 Å². The molecular formula is C23H31N5O7. The molecule has 2 aliphatic heterocycles. The van der Waals surface area contributed by atoms with Gasteiger partial charge < -0.3 is 35.6 Å². The lowest BCUT2D eigenvalue weighted by Crippen LogP contribution is -2.64. The molecule has 3 rings (SSSR count). The lowest BCUT2D eigenvalue weighted by molar-refractivity contribution is -0.144. The zero-order valence-corrected chi connectivity index (χ0v) is 19.6. The first-order chi connectivity index (χ1) is 16.8. The van der Waals surface area contributed by atoms with Crippen LogP contribution in [0.1, 0.15) is 32.1 Å². The van der Waals surface area contributed by atoms with Gasteiger partial charge in [0.05, 0.1) is 13.7 Å². The van der Waals surface area contributed by atoms with Crippen LogP contribution in [0.4, 0.5) is 10.5 Å². The van der Waals surface area contributed by atoms with Gasteiger partial charge in [0.15, 0.2) is 0 Å². The monoisotopic (exact) mass is 489 g/mol. The van der Waals surface area contributed by atoms with E-state index >= 15 is 0 Å². The highest BCUT2D eigenvalue weighted by Crippen LogP contribution is 2.19. The first-order valence-corrected chi connectivity index (χ1v) is 11.6. The molecule has 1 aromatic carbocycles. The number of methoxy groups -OCH3 is 1. The van der Waals surface area contributed by atoms with Crippen LogP contribution in [0.2, 0.25) is 0 Å². The maximum atomic E-state index is 13.2. The van der Waals surface area contributed by atoms with Crippen LogP contribution in [0.25, 0.3) is 0 Å². The third-order valence-electron chi connectivity index (χ3n) is 5.99. The van der Waals surface area contributed by atoms with Crippen LogP contribution in [0, 0.1) is 0 Å². The fourth-order valence-electron chi connectivity index (χ4n) is 4.11. The highest BCUT2D eigenvalue weighted by Gasteiger charge is 2.38. The third kappa shape index (κ3) is 7.08. The second-order valence-corrected chi connectivity index (χ2v) is 8.45. The van der Waals surface area contributed by atoms with Gasteiger partial charge in [-0.2, -0.15) is 0 Å². The molecule has 0 unspecified atom stereocenters. The number of nitrogens with zero attached hydrogens (tertiary/aromatic N) is 2. The molecule has 0 aliphatic carbocycles. The highest BCUT2D eigenvalue weighted by molar-refractivity contribution is 5.94. The summed E-state index contributed by atoms with van der Waals surface area (Å²) in [7, 11) is 1.52. The zero-order valence-electron chi connectivity index (χ0n) is 19.6. The summed E-state index contributed by atoms with van der Waals surface area (Å²) < 4.78 is 5.17. The molecule has 190 valence electrons. The van der Waals surface area contributed by atoms with Crippen LogP contribution in [-0.4, -0.2) is 90.0 Å². The van der Waals surface area contributed by atoms with Crippen molar-refractivity contribution in [2.75, 3.05) is 38.6 Å². The fraction of sp³-hybridized carbons (Fsp3) is 0.522. The summed E-state index contributed by atoms with van der Waals surface area (Å²) in [6.45, 7) is 0.766. The number of benzene rings is 1. The van der Waals surface area contributed by atoms with Crippen molar-refractivity contribution < 1.29 is 33.8 Å². The topological polar surface area (TPSA) is 157 Å². The first kappa shape index (κ1) is 25.8. The Labute approximate surface area is 203 Å². The number of hydrogen-bond acceptors (Lipinski definition) is 6. The normalized spacial score (nSPS) is 20.0. The van der Waals surface area contributed by atoms with Crippen LogP contribution in [0.5, 0.6) is 5.75 Å². The van der Waals surface area contributed by atoms with Gasteiger partial charge in [0.1, 0.15) is 17.8 Å². The number of carbonyl (C=O) groups is 5. The van der Waals surface area contributed by atoms with Gasteiger partial charge in [-0.3, -0.25) is 19.2 Å². The molecule has 2 aliphatic rings. The summed E-state index contributed by atoms with van der Waals surface area (Å²) in [4.78, 5) is 64.6. The smallest absolute Gasteiger partial charge is 0.321 e. The second-order valence-electron chi connectivity index (χ2n) is 8.45. The SMILES string of the molecule is COc1cccc(NC(=O)N2CCN(C(=O)CCCC(=O)O)[C@H](C(=O)N[C@@H]3CCCNC3=O)C2)c1. The minimum Gasteiger partial charge on any atom is -0.497 e. The molecule has 2 heterocycles. The zero-order chi connectivity index (χ0) is 25.4. The minimum atomic E-state index is -1.01. The molecule has 12 heteroatoms. The van der Waals surface area contributed by atoms with E-state index in [1.165, 1.54) is 16.9 Å². The number of carbonyl (C=O) groups excluding carboxylic acids is 4. The standard InChI is InChI=1S/C23H31N5O7/c1-35-16-6-2-5-15(13-16)25-23(34)27-11-12-28(19(29)8-3-9-20(30)31)18(14-27)22(33)26-17-7-4-10-24-21(17)32/h2,5-6,13,17-18H,3-4,7-12,14H2,1H3,(H,24,32)(H,25,34)(H,26,33)(H,30,31)/t17-,18+/m1/s1. The molecule has 0 spiro atoms. The number of urea groups is 1. The number of hydrogen-bond donors (Lipinski definition) is 4. The largest absolute Gasteiger partial charge is 0.497 e. The number of carboxylic acid groups (broad SMARTS) is 1. The van der Waals surface area contributed by atoms with Gasteiger partial charge in [-0.25, -0.2) is 4.79 Å². The Hall–Kier alpha value is -3.83. The predicted octanol–water partition coefficient (Wildman–Crippen LogP) is 0.390. The van der Waals surface area contributed by atoms with Crippen molar-refractivity contribution in [3.05, 3.63) is 24.3 Å². The molecule has 0 bridgehead atoms. The van der Waals surface area contributed by atoms with Crippen LogP contribution >= 0.6 is 0 Å². The summed E-state index contributed by atoms with van der Waals surface area (Å²) in [5, 5.41) is 17.0. The summed E-state index contributed by atoms with van der Waals surface area (Å²) in [5.41, 5.74) is 0.515. The van der Waals surface area contributed by atoms with E-state index < -0.39 is 30.0 Å². The molecular weight excluding hydrogens is 458 g/mol. The van der Waals surface area contributed by atoms with E-state index in [1.54, 1.807) is 24.3 Å². The maximum absolute atomic E-state index is 13.2. The van der Waals surface area contributed by atoms with Crippen molar-refractivity contribution >= 4 is 35.4 Å². The van der Waals surface area contributed by atoms with Crippen molar-refractivity contribution in [3.8, 4) is 5.75 Å². The van der Waals surface area contributed by atoms with E-state index in [1.807, 2.05) is 0 Å². The Bertz CT molecular complexity index is 969. The Morgan fingerprint density at radius 2 is 2.00 bits per heavy atom. The Morgan fingerprint density at radius 1 is 1.20 bits per heavy atom.